The van der Waals surface area contributed by atoms with E-state index in [4.69, 9.17) is 5.26 Å². The van der Waals surface area contributed by atoms with Crippen molar-refractivity contribution in [3.8, 4) is 6.07 Å². The maximum Gasteiger partial charge on any atom is 0.252 e. The minimum absolute atomic E-state index is 0.0980. The van der Waals surface area contributed by atoms with Crippen LogP contribution in [0.4, 0.5) is 5.69 Å². The van der Waals surface area contributed by atoms with Crippen LogP contribution in [0.15, 0.2) is 53.6 Å². The molecule has 0 aliphatic heterocycles. The van der Waals surface area contributed by atoms with Crippen molar-refractivity contribution in [1.82, 2.24) is 10.3 Å². The van der Waals surface area contributed by atoms with Crippen LogP contribution in [0.1, 0.15) is 40.7 Å². The molecule has 0 spiro atoms. The van der Waals surface area contributed by atoms with Gasteiger partial charge in [-0.05, 0) is 62.1 Å². The molecule has 33 heavy (non-hydrogen) atoms. The van der Waals surface area contributed by atoms with Crippen molar-refractivity contribution in [3.05, 3.63) is 65.2 Å². The second kappa shape index (κ2) is 10.1. The number of hydrogen-bond acceptors (Lipinski definition) is 5. The topological polar surface area (TPSA) is 86.1 Å². The van der Waals surface area contributed by atoms with E-state index in [-0.39, 0.29) is 30.0 Å². The van der Waals surface area contributed by atoms with Crippen molar-refractivity contribution in [2.45, 2.75) is 44.2 Å². The summed E-state index contributed by atoms with van der Waals surface area (Å²) in [7, 11) is 0. The number of thioether (sulfide) groups is 1. The molecule has 7 heteroatoms. The molecule has 1 fully saturated rings. The minimum Gasteiger partial charge on any atom is -0.349 e. The van der Waals surface area contributed by atoms with Gasteiger partial charge in [0, 0.05) is 23.7 Å². The molecule has 1 aliphatic carbocycles. The highest BCUT2D eigenvalue weighted by molar-refractivity contribution is 7.99. The first-order valence-corrected chi connectivity index (χ1v) is 12.0. The van der Waals surface area contributed by atoms with E-state index in [0.29, 0.717) is 17.1 Å². The van der Waals surface area contributed by atoms with Crippen LogP contribution >= 0.6 is 11.8 Å². The largest absolute Gasteiger partial charge is 0.349 e. The summed E-state index contributed by atoms with van der Waals surface area (Å²) in [4.78, 5) is 32.3. The van der Waals surface area contributed by atoms with Gasteiger partial charge in [-0.15, -0.1) is 0 Å². The van der Waals surface area contributed by atoms with Crippen LogP contribution in [0.25, 0.3) is 10.9 Å². The standard InChI is InChI=1S/C26H26N4O2S/c1-17-12-18(2)14-20(13-17)30(11-5-10-27)25(31)16-33-24-15-22(26(32)28-19-8-9-19)21-6-3-4-7-23(21)29-24/h3-4,6-7,12-15,19H,5,8-9,11,16H2,1-2H3,(H,28,32). The first-order chi connectivity index (χ1) is 15.9. The molecule has 0 unspecified atom stereocenters. The third-order valence-electron chi connectivity index (χ3n) is 5.46. The number of anilines is 1. The molecule has 168 valence electrons. The number of pyridine rings is 1. The number of nitrogens with one attached hydrogen (secondary N) is 1. The van der Waals surface area contributed by atoms with E-state index in [9.17, 15) is 9.59 Å². The molecular weight excluding hydrogens is 432 g/mol. The Labute approximate surface area is 198 Å². The number of rotatable bonds is 8. The minimum atomic E-state index is -0.102. The van der Waals surface area contributed by atoms with Crippen LogP contribution < -0.4 is 10.2 Å². The van der Waals surface area contributed by atoms with Gasteiger partial charge in [-0.2, -0.15) is 5.26 Å². The van der Waals surface area contributed by atoms with Gasteiger partial charge in [-0.25, -0.2) is 4.98 Å². The van der Waals surface area contributed by atoms with Crippen LogP contribution in [0.2, 0.25) is 0 Å². The average Bonchev–Trinajstić information content (AvgIpc) is 3.60. The van der Waals surface area contributed by atoms with Crippen LogP contribution in [-0.2, 0) is 4.79 Å². The SMILES string of the molecule is Cc1cc(C)cc(N(CCC#N)C(=O)CSc2cc(C(=O)NC3CC3)c3ccccc3n2)c1. The number of hydrogen-bond donors (Lipinski definition) is 1. The molecule has 1 aromatic heterocycles. The lowest BCUT2D eigenvalue weighted by Crippen LogP contribution is -2.33. The van der Waals surface area contributed by atoms with Gasteiger partial charge >= 0.3 is 0 Å². The Morgan fingerprint density at radius 1 is 1.15 bits per heavy atom. The fourth-order valence-corrected chi connectivity index (χ4v) is 4.57. The molecule has 0 saturated heterocycles. The fraction of sp³-hybridized carbons (Fsp3) is 0.308. The van der Waals surface area contributed by atoms with Crippen molar-refractivity contribution in [3.63, 3.8) is 0 Å². The van der Waals surface area contributed by atoms with E-state index in [1.807, 2.05) is 50.2 Å². The van der Waals surface area contributed by atoms with Crippen molar-refractivity contribution in [1.29, 1.82) is 5.26 Å². The Kier molecular flexibility index (Phi) is 6.95. The lowest BCUT2D eigenvalue weighted by Gasteiger charge is -2.22. The zero-order valence-electron chi connectivity index (χ0n) is 18.8. The number of nitriles is 1. The lowest BCUT2D eigenvalue weighted by molar-refractivity contribution is -0.116. The van der Waals surface area contributed by atoms with Gasteiger partial charge in [-0.1, -0.05) is 36.0 Å². The third-order valence-corrected chi connectivity index (χ3v) is 6.36. The summed E-state index contributed by atoms with van der Waals surface area (Å²) in [6, 6.07) is 17.7. The lowest BCUT2D eigenvalue weighted by atomic mass is 10.1. The van der Waals surface area contributed by atoms with E-state index >= 15 is 0 Å². The van der Waals surface area contributed by atoms with E-state index in [0.717, 1.165) is 40.6 Å². The summed E-state index contributed by atoms with van der Waals surface area (Å²) < 4.78 is 0. The summed E-state index contributed by atoms with van der Waals surface area (Å²) in [6.07, 6.45) is 2.28. The van der Waals surface area contributed by atoms with Gasteiger partial charge < -0.3 is 10.2 Å². The molecular formula is C26H26N4O2S. The molecule has 2 aromatic carbocycles. The maximum atomic E-state index is 13.2. The second-order valence-corrected chi connectivity index (χ2v) is 9.36. The van der Waals surface area contributed by atoms with E-state index in [1.165, 1.54) is 11.8 Å². The quantitative estimate of drug-likeness (QED) is 0.491. The van der Waals surface area contributed by atoms with Crippen LogP contribution in [0, 0.1) is 25.2 Å². The molecule has 6 nitrogen and oxygen atoms in total. The molecule has 3 aromatic rings. The first kappa shape index (κ1) is 22.8. The summed E-state index contributed by atoms with van der Waals surface area (Å²) >= 11 is 1.31. The molecule has 1 aliphatic rings. The highest BCUT2D eigenvalue weighted by Gasteiger charge is 2.25. The normalized spacial score (nSPS) is 12.9. The molecule has 1 N–H and O–H groups in total. The highest BCUT2D eigenvalue weighted by atomic mass is 32.2. The first-order valence-electron chi connectivity index (χ1n) is 11.0. The van der Waals surface area contributed by atoms with Crippen molar-refractivity contribution in [2.75, 3.05) is 17.2 Å². The number of fused-ring (bicyclic) bond motifs is 1. The van der Waals surface area contributed by atoms with Gasteiger partial charge in [0.2, 0.25) is 5.91 Å². The predicted octanol–water partition coefficient (Wildman–Crippen LogP) is 4.78. The molecule has 2 amide bonds. The number of carbonyl (C=O) groups excluding carboxylic acids is 2. The molecule has 4 rings (SSSR count). The average molecular weight is 459 g/mol. The summed E-state index contributed by atoms with van der Waals surface area (Å²) in [5.41, 5.74) is 4.24. The number of aryl methyl sites for hydroxylation is 2. The van der Waals surface area contributed by atoms with Crippen molar-refractivity contribution < 1.29 is 9.59 Å². The molecule has 0 radical (unpaired) electrons. The molecule has 1 saturated carbocycles. The van der Waals surface area contributed by atoms with Gasteiger partial charge in [0.05, 0.1) is 34.3 Å². The number of benzene rings is 2. The Balaban J connectivity index is 1.56. The maximum absolute atomic E-state index is 13.2. The Morgan fingerprint density at radius 2 is 1.88 bits per heavy atom. The third kappa shape index (κ3) is 5.71. The number of carbonyl (C=O) groups is 2. The second-order valence-electron chi connectivity index (χ2n) is 8.36. The van der Waals surface area contributed by atoms with Gasteiger partial charge in [0.15, 0.2) is 0 Å². The number of nitrogens with zero attached hydrogens (tertiary/aromatic N) is 3. The molecule has 0 atom stereocenters. The van der Waals surface area contributed by atoms with Crippen molar-refractivity contribution in [2.24, 2.45) is 0 Å². The Hall–Kier alpha value is -3.37. The summed E-state index contributed by atoms with van der Waals surface area (Å²) in [5, 5.41) is 13.5. The Bertz CT molecular complexity index is 1230. The fourth-order valence-electron chi connectivity index (χ4n) is 3.78. The van der Waals surface area contributed by atoms with Crippen molar-refractivity contribution >= 4 is 40.2 Å². The number of para-hydroxylation sites is 1. The van der Waals surface area contributed by atoms with E-state index < -0.39 is 0 Å². The Morgan fingerprint density at radius 3 is 2.58 bits per heavy atom. The molecule has 1 heterocycles. The van der Waals surface area contributed by atoms with Crippen LogP contribution in [0.3, 0.4) is 0 Å². The number of aromatic nitrogens is 1. The highest BCUT2D eigenvalue weighted by Crippen LogP contribution is 2.27. The predicted molar refractivity (Wildman–Crippen MR) is 131 cm³/mol. The smallest absolute Gasteiger partial charge is 0.252 e. The van der Waals surface area contributed by atoms with Crippen LogP contribution in [0.5, 0.6) is 0 Å². The zero-order valence-corrected chi connectivity index (χ0v) is 19.6. The monoisotopic (exact) mass is 458 g/mol. The van der Waals surface area contributed by atoms with E-state index in [2.05, 4.69) is 22.4 Å². The van der Waals surface area contributed by atoms with Crippen LogP contribution in [-0.4, -0.2) is 35.1 Å². The molecule has 0 bridgehead atoms. The summed E-state index contributed by atoms with van der Waals surface area (Å²) in [5.74, 6) is -0.0395. The van der Waals surface area contributed by atoms with Gasteiger partial charge in [0.25, 0.3) is 5.91 Å². The van der Waals surface area contributed by atoms with E-state index in [1.54, 1.807) is 11.0 Å². The summed E-state index contributed by atoms with van der Waals surface area (Å²) in [6.45, 7) is 4.32. The van der Waals surface area contributed by atoms with Gasteiger partial charge in [0.1, 0.15) is 0 Å². The van der Waals surface area contributed by atoms with Gasteiger partial charge in [-0.3, -0.25) is 9.59 Å². The zero-order chi connectivity index (χ0) is 23.4. The number of amides is 2.